The van der Waals surface area contributed by atoms with Gasteiger partial charge in [-0.2, -0.15) is 0 Å². The van der Waals surface area contributed by atoms with Crippen LogP contribution in [-0.2, 0) is 4.79 Å². The van der Waals surface area contributed by atoms with Crippen LogP contribution in [0.2, 0.25) is 0 Å². The summed E-state index contributed by atoms with van der Waals surface area (Å²) in [7, 11) is 0. The van der Waals surface area contributed by atoms with Crippen molar-refractivity contribution >= 4 is 5.91 Å². The van der Waals surface area contributed by atoms with E-state index in [0.29, 0.717) is 13.1 Å². The zero-order valence-corrected chi connectivity index (χ0v) is 9.24. The highest BCUT2D eigenvalue weighted by molar-refractivity contribution is 5.79. The molecule has 1 fully saturated rings. The summed E-state index contributed by atoms with van der Waals surface area (Å²) in [6.07, 6.45) is 5.43. The highest BCUT2D eigenvalue weighted by Gasteiger charge is 2.24. The van der Waals surface area contributed by atoms with Crippen molar-refractivity contribution in [1.82, 2.24) is 10.2 Å². The monoisotopic (exact) mass is 208 g/mol. The molecule has 0 aromatic rings. The number of hydrogen-bond acceptors (Lipinski definition) is 2. The van der Waals surface area contributed by atoms with E-state index in [-0.39, 0.29) is 11.8 Å². The Morgan fingerprint density at radius 2 is 1.80 bits per heavy atom. The van der Waals surface area contributed by atoms with Crippen LogP contribution in [0.25, 0.3) is 0 Å². The summed E-state index contributed by atoms with van der Waals surface area (Å²) in [5.41, 5.74) is 0. The second-order valence-corrected chi connectivity index (χ2v) is 3.84. The molecular formula is C12H20N2O. The Hall–Kier alpha value is -1.09. The van der Waals surface area contributed by atoms with Crippen LogP contribution in [0.5, 0.6) is 0 Å². The van der Waals surface area contributed by atoms with E-state index in [0.717, 1.165) is 25.9 Å². The number of carbonyl (C=O) groups excluding carboxylic acids is 1. The average Bonchev–Trinajstić information content (AvgIpc) is 2.29. The molecule has 0 spiro atoms. The van der Waals surface area contributed by atoms with E-state index >= 15 is 0 Å². The lowest BCUT2D eigenvalue weighted by Gasteiger charge is -2.28. The van der Waals surface area contributed by atoms with Crippen LogP contribution < -0.4 is 5.32 Å². The minimum Gasteiger partial charge on any atom is -0.335 e. The summed E-state index contributed by atoms with van der Waals surface area (Å²) >= 11 is 0. The van der Waals surface area contributed by atoms with Gasteiger partial charge in [0.1, 0.15) is 0 Å². The molecule has 0 unspecified atom stereocenters. The highest BCUT2D eigenvalue weighted by atomic mass is 16.2. The molecule has 1 saturated heterocycles. The first-order valence-corrected chi connectivity index (χ1v) is 5.51. The van der Waals surface area contributed by atoms with Crippen LogP contribution in [0.15, 0.2) is 25.3 Å². The third-order valence-corrected chi connectivity index (χ3v) is 2.70. The summed E-state index contributed by atoms with van der Waals surface area (Å²) in [6.45, 7) is 10.5. The van der Waals surface area contributed by atoms with Gasteiger partial charge in [-0.1, -0.05) is 12.2 Å². The predicted molar refractivity (Wildman–Crippen MR) is 62.6 cm³/mol. The summed E-state index contributed by atoms with van der Waals surface area (Å²) < 4.78 is 0. The fourth-order valence-electron chi connectivity index (χ4n) is 1.89. The Labute approximate surface area is 91.8 Å². The number of hydrogen-bond donors (Lipinski definition) is 1. The molecule has 0 aliphatic carbocycles. The maximum atomic E-state index is 12.1. The third-order valence-electron chi connectivity index (χ3n) is 2.70. The molecule has 1 aliphatic rings. The number of carbonyl (C=O) groups is 1. The van der Waals surface area contributed by atoms with Crippen molar-refractivity contribution in [3.8, 4) is 0 Å². The number of nitrogens with zero attached hydrogens (tertiary/aromatic N) is 1. The van der Waals surface area contributed by atoms with Crippen LogP contribution in [0.4, 0.5) is 0 Å². The molecular weight excluding hydrogens is 188 g/mol. The smallest absolute Gasteiger partial charge is 0.226 e. The number of nitrogens with one attached hydrogen (secondary N) is 1. The fourth-order valence-corrected chi connectivity index (χ4v) is 1.89. The van der Waals surface area contributed by atoms with Crippen molar-refractivity contribution in [2.24, 2.45) is 5.92 Å². The van der Waals surface area contributed by atoms with Gasteiger partial charge in [-0.05, 0) is 25.9 Å². The maximum absolute atomic E-state index is 12.1. The number of rotatable bonds is 5. The first-order chi connectivity index (χ1) is 7.29. The number of amides is 1. The van der Waals surface area contributed by atoms with E-state index in [9.17, 15) is 4.79 Å². The second-order valence-electron chi connectivity index (χ2n) is 3.84. The molecule has 15 heavy (non-hydrogen) atoms. The van der Waals surface area contributed by atoms with Gasteiger partial charge in [-0.15, -0.1) is 13.2 Å². The first kappa shape index (κ1) is 12.0. The predicted octanol–water partition coefficient (Wildman–Crippen LogP) is 1.19. The van der Waals surface area contributed by atoms with Gasteiger partial charge in [0.2, 0.25) is 5.91 Å². The largest absolute Gasteiger partial charge is 0.335 e. The van der Waals surface area contributed by atoms with Crippen molar-refractivity contribution in [3.63, 3.8) is 0 Å². The van der Waals surface area contributed by atoms with E-state index < -0.39 is 0 Å². The first-order valence-electron chi connectivity index (χ1n) is 5.51. The molecule has 84 valence electrons. The molecule has 3 nitrogen and oxygen atoms in total. The van der Waals surface area contributed by atoms with E-state index in [4.69, 9.17) is 0 Å². The molecule has 0 radical (unpaired) electrons. The molecule has 0 saturated carbocycles. The highest BCUT2D eigenvalue weighted by Crippen LogP contribution is 2.15. The van der Waals surface area contributed by atoms with E-state index in [1.54, 1.807) is 12.2 Å². The number of piperidine rings is 1. The molecule has 1 heterocycles. The topological polar surface area (TPSA) is 32.3 Å². The molecule has 0 atom stereocenters. The van der Waals surface area contributed by atoms with Gasteiger partial charge >= 0.3 is 0 Å². The van der Waals surface area contributed by atoms with E-state index in [2.05, 4.69) is 18.5 Å². The lowest BCUT2D eigenvalue weighted by atomic mass is 9.96. The SMILES string of the molecule is C=CCN(CC=C)C(=O)C1CCNCC1. The Morgan fingerprint density at radius 1 is 1.27 bits per heavy atom. The van der Waals surface area contributed by atoms with Gasteiger partial charge in [-0.3, -0.25) is 4.79 Å². The van der Waals surface area contributed by atoms with Crippen molar-refractivity contribution in [2.75, 3.05) is 26.2 Å². The fraction of sp³-hybridized carbons (Fsp3) is 0.583. The summed E-state index contributed by atoms with van der Waals surface area (Å²) in [5, 5.41) is 3.26. The van der Waals surface area contributed by atoms with Gasteiger partial charge in [0, 0.05) is 19.0 Å². The Balaban J connectivity index is 2.52. The van der Waals surface area contributed by atoms with Gasteiger partial charge < -0.3 is 10.2 Å². The van der Waals surface area contributed by atoms with Crippen LogP contribution in [0.1, 0.15) is 12.8 Å². The van der Waals surface area contributed by atoms with Crippen molar-refractivity contribution < 1.29 is 4.79 Å². The van der Waals surface area contributed by atoms with Crippen LogP contribution >= 0.6 is 0 Å². The minimum absolute atomic E-state index is 0.186. The summed E-state index contributed by atoms with van der Waals surface area (Å²) in [6, 6.07) is 0. The zero-order chi connectivity index (χ0) is 11.1. The van der Waals surface area contributed by atoms with Gasteiger partial charge in [0.25, 0.3) is 0 Å². The summed E-state index contributed by atoms with van der Waals surface area (Å²) in [5.74, 6) is 0.433. The molecule has 1 rings (SSSR count). The van der Waals surface area contributed by atoms with E-state index in [1.165, 1.54) is 0 Å². The van der Waals surface area contributed by atoms with Crippen molar-refractivity contribution in [1.29, 1.82) is 0 Å². The Morgan fingerprint density at radius 3 is 2.27 bits per heavy atom. The molecule has 0 bridgehead atoms. The second kappa shape index (κ2) is 6.40. The van der Waals surface area contributed by atoms with Crippen LogP contribution in [0, 0.1) is 5.92 Å². The summed E-state index contributed by atoms with van der Waals surface area (Å²) in [4.78, 5) is 13.9. The van der Waals surface area contributed by atoms with Crippen LogP contribution in [0.3, 0.4) is 0 Å². The standard InChI is InChI=1S/C12H20N2O/c1-3-9-14(10-4-2)12(15)11-5-7-13-8-6-11/h3-4,11,13H,1-2,5-10H2. The van der Waals surface area contributed by atoms with E-state index in [1.807, 2.05) is 4.90 Å². The zero-order valence-electron chi connectivity index (χ0n) is 9.24. The lowest BCUT2D eigenvalue weighted by molar-refractivity contribution is -0.135. The average molecular weight is 208 g/mol. The molecule has 3 heteroatoms. The lowest BCUT2D eigenvalue weighted by Crippen LogP contribution is -2.41. The molecule has 0 aromatic carbocycles. The third kappa shape index (κ3) is 3.51. The maximum Gasteiger partial charge on any atom is 0.226 e. The molecule has 1 N–H and O–H groups in total. The molecule has 1 amide bonds. The Kier molecular flexibility index (Phi) is 5.12. The molecule has 1 aliphatic heterocycles. The molecule has 0 aromatic heterocycles. The van der Waals surface area contributed by atoms with Gasteiger partial charge in [-0.25, -0.2) is 0 Å². The normalized spacial score (nSPS) is 17.1. The minimum atomic E-state index is 0.186. The Bertz CT molecular complexity index is 222. The van der Waals surface area contributed by atoms with Crippen molar-refractivity contribution in [2.45, 2.75) is 12.8 Å². The van der Waals surface area contributed by atoms with Crippen LogP contribution in [-0.4, -0.2) is 37.0 Å². The quantitative estimate of drug-likeness (QED) is 0.688. The van der Waals surface area contributed by atoms with Crippen molar-refractivity contribution in [3.05, 3.63) is 25.3 Å². The van der Waals surface area contributed by atoms with Gasteiger partial charge in [0.15, 0.2) is 0 Å². The van der Waals surface area contributed by atoms with Gasteiger partial charge in [0.05, 0.1) is 0 Å².